The van der Waals surface area contributed by atoms with Crippen LogP contribution in [0.4, 0.5) is 5.82 Å². The van der Waals surface area contributed by atoms with E-state index in [-0.39, 0.29) is 0 Å². The van der Waals surface area contributed by atoms with Gasteiger partial charge >= 0.3 is 11.8 Å². The lowest BCUT2D eigenvalue weighted by Crippen LogP contribution is -2.41. The highest BCUT2D eigenvalue weighted by atomic mass is 16.2. The molecule has 0 aromatic carbocycles. The molecule has 2 amide bonds. The summed E-state index contributed by atoms with van der Waals surface area (Å²) in [5.74, 6) is -0.253. The van der Waals surface area contributed by atoms with E-state index >= 15 is 0 Å². The number of anilines is 1. The van der Waals surface area contributed by atoms with Gasteiger partial charge in [-0.2, -0.15) is 5.10 Å². The van der Waals surface area contributed by atoms with Crippen LogP contribution in [-0.4, -0.2) is 52.7 Å². The first-order chi connectivity index (χ1) is 12.6. The highest BCUT2D eigenvalue weighted by molar-refractivity contribution is 6.39. The molecule has 26 heavy (non-hydrogen) atoms. The van der Waals surface area contributed by atoms with Crippen LogP contribution in [-0.2, 0) is 9.59 Å². The largest absolute Gasteiger partial charge is 0.348 e. The fourth-order valence-corrected chi connectivity index (χ4v) is 4.02. The van der Waals surface area contributed by atoms with Crippen molar-refractivity contribution < 1.29 is 9.59 Å². The van der Waals surface area contributed by atoms with E-state index in [1.54, 1.807) is 12.3 Å². The van der Waals surface area contributed by atoms with Crippen molar-refractivity contribution in [3.63, 3.8) is 0 Å². The van der Waals surface area contributed by atoms with Gasteiger partial charge in [-0.1, -0.05) is 26.2 Å². The molecule has 0 spiro atoms. The van der Waals surface area contributed by atoms with Gasteiger partial charge in [0, 0.05) is 19.2 Å². The predicted octanol–water partition coefficient (Wildman–Crippen LogP) is 2.17. The molecule has 144 valence electrons. The number of carbonyl (C=O) groups is 2. The molecule has 1 aliphatic carbocycles. The zero-order chi connectivity index (χ0) is 18.4. The van der Waals surface area contributed by atoms with E-state index in [2.05, 4.69) is 27.6 Å². The number of likely N-dealkylation sites (tertiary alicyclic amines) is 1. The third kappa shape index (κ3) is 5.06. The van der Waals surface area contributed by atoms with Gasteiger partial charge in [-0.05, 0) is 44.7 Å². The number of hydrogen-bond donors (Lipinski definition) is 2. The Morgan fingerprint density at radius 2 is 1.88 bits per heavy atom. The first kappa shape index (κ1) is 18.9. The average Bonchev–Trinajstić information content (AvgIpc) is 3.31. The first-order valence-electron chi connectivity index (χ1n) is 9.98. The normalized spacial score (nSPS) is 20.0. The zero-order valence-corrected chi connectivity index (χ0v) is 15.7. The summed E-state index contributed by atoms with van der Waals surface area (Å²) in [6.45, 7) is 5.89. The number of rotatable bonds is 6. The third-order valence-electron chi connectivity index (χ3n) is 5.42. The number of amides is 2. The Kier molecular flexibility index (Phi) is 6.66. The van der Waals surface area contributed by atoms with Crippen LogP contribution in [0.5, 0.6) is 0 Å². The Labute approximate surface area is 155 Å². The van der Waals surface area contributed by atoms with Crippen LogP contribution in [0.1, 0.15) is 57.9 Å². The van der Waals surface area contributed by atoms with Crippen molar-refractivity contribution in [2.75, 3.05) is 31.5 Å². The lowest BCUT2D eigenvalue weighted by molar-refractivity contribution is -0.136. The van der Waals surface area contributed by atoms with E-state index in [0.717, 1.165) is 32.5 Å². The number of hydrogen-bond acceptors (Lipinski definition) is 4. The number of nitrogens with zero attached hydrogens (tertiary/aromatic N) is 3. The van der Waals surface area contributed by atoms with Crippen molar-refractivity contribution in [2.45, 2.75) is 57.9 Å². The van der Waals surface area contributed by atoms with Crippen LogP contribution < -0.4 is 10.6 Å². The minimum atomic E-state index is -0.616. The summed E-state index contributed by atoms with van der Waals surface area (Å²) in [5, 5.41) is 9.79. The summed E-state index contributed by atoms with van der Waals surface area (Å²) >= 11 is 0. The van der Waals surface area contributed by atoms with Crippen LogP contribution in [0.2, 0.25) is 0 Å². The van der Waals surface area contributed by atoms with Gasteiger partial charge in [0.15, 0.2) is 0 Å². The molecular weight excluding hydrogens is 330 g/mol. The van der Waals surface area contributed by atoms with E-state index in [9.17, 15) is 9.59 Å². The van der Waals surface area contributed by atoms with Crippen molar-refractivity contribution in [1.29, 1.82) is 0 Å². The number of piperidine rings is 1. The van der Waals surface area contributed by atoms with Gasteiger partial charge in [0.25, 0.3) is 0 Å². The molecule has 2 heterocycles. The second-order valence-electron chi connectivity index (χ2n) is 7.73. The van der Waals surface area contributed by atoms with E-state index in [1.807, 2.05) is 4.68 Å². The highest BCUT2D eigenvalue weighted by Gasteiger charge is 2.22. The Morgan fingerprint density at radius 1 is 1.15 bits per heavy atom. The molecule has 2 N–H and O–H groups in total. The molecule has 2 aliphatic rings. The SMILES string of the molecule is C[C@H](CNC(=O)C(=O)Nc1ccnn1C1CCCC1)CN1CCCCC1. The molecule has 2 fully saturated rings. The molecule has 1 aromatic heterocycles. The summed E-state index contributed by atoms with van der Waals surface area (Å²) in [4.78, 5) is 26.8. The Bertz CT molecular complexity index is 603. The maximum Gasteiger partial charge on any atom is 0.314 e. The van der Waals surface area contributed by atoms with Crippen molar-refractivity contribution in [2.24, 2.45) is 5.92 Å². The highest BCUT2D eigenvalue weighted by Crippen LogP contribution is 2.31. The van der Waals surface area contributed by atoms with Gasteiger partial charge < -0.3 is 15.5 Å². The second-order valence-corrected chi connectivity index (χ2v) is 7.73. The standard InChI is InChI=1S/C19H31N5O2/c1-15(14-23-11-5-2-6-12-23)13-20-18(25)19(26)22-17-9-10-21-24(17)16-7-3-4-8-16/h9-10,15-16H,2-8,11-14H2,1H3,(H,20,25)(H,22,26)/t15-/m1/s1. The average molecular weight is 361 g/mol. The molecule has 1 aliphatic heterocycles. The minimum absolute atomic E-state index is 0.327. The van der Waals surface area contributed by atoms with Gasteiger partial charge in [0.2, 0.25) is 0 Å². The monoisotopic (exact) mass is 361 g/mol. The molecule has 7 heteroatoms. The molecular formula is C19H31N5O2. The van der Waals surface area contributed by atoms with E-state index in [4.69, 9.17) is 0 Å². The van der Waals surface area contributed by atoms with E-state index in [0.29, 0.717) is 24.3 Å². The summed E-state index contributed by atoms with van der Waals surface area (Å²) in [6.07, 6.45) is 10.0. The second kappa shape index (κ2) is 9.16. The van der Waals surface area contributed by atoms with Gasteiger partial charge in [0.1, 0.15) is 5.82 Å². The van der Waals surface area contributed by atoms with Crippen molar-refractivity contribution in [1.82, 2.24) is 20.0 Å². The molecule has 0 bridgehead atoms. The third-order valence-corrected chi connectivity index (χ3v) is 5.42. The molecule has 0 unspecified atom stereocenters. The predicted molar refractivity (Wildman–Crippen MR) is 101 cm³/mol. The Hall–Kier alpha value is -1.89. The fourth-order valence-electron chi connectivity index (χ4n) is 4.02. The van der Waals surface area contributed by atoms with Gasteiger partial charge in [-0.3, -0.25) is 9.59 Å². The number of nitrogens with one attached hydrogen (secondary N) is 2. The quantitative estimate of drug-likeness (QED) is 0.761. The maximum atomic E-state index is 12.2. The zero-order valence-electron chi connectivity index (χ0n) is 15.7. The molecule has 1 saturated heterocycles. The van der Waals surface area contributed by atoms with E-state index in [1.165, 1.54) is 32.1 Å². The lowest BCUT2D eigenvalue weighted by Gasteiger charge is -2.29. The lowest BCUT2D eigenvalue weighted by atomic mass is 10.1. The van der Waals surface area contributed by atoms with E-state index < -0.39 is 11.8 Å². The molecule has 7 nitrogen and oxygen atoms in total. The van der Waals surface area contributed by atoms with Crippen LogP contribution in [0, 0.1) is 5.92 Å². The topological polar surface area (TPSA) is 79.3 Å². The van der Waals surface area contributed by atoms with Crippen molar-refractivity contribution in [3.8, 4) is 0 Å². The van der Waals surface area contributed by atoms with Crippen LogP contribution in [0.25, 0.3) is 0 Å². The molecule has 1 atom stereocenters. The maximum absolute atomic E-state index is 12.2. The Balaban J connectivity index is 1.43. The fraction of sp³-hybridized carbons (Fsp3) is 0.737. The molecule has 3 rings (SSSR count). The van der Waals surface area contributed by atoms with Crippen LogP contribution in [0.15, 0.2) is 12.3 Å². The van der Waals surface area contributed by atoms with Crippen molar-refractivity contribution in [3.05, 3.63) is 12.3 Å². The smallest absolute Gasteiger partial charge is 0.314 e. The molecule has 1 saturated carbocycles. The Morgan fingerprint density at radius 3 is 2.62 bits per heavy atom. The molecule has 0 radical (unpaired) electrons. The van der Waals surface area contributed by atoms with Gasteiger partial charge in [0.05, 0.1) is 12.2 Å². The summed E-state index contributed by atoms with van der Waals surface area (Å²) < 4.78 is 1.84. The number of aromatic nitrogens is 2. The number of carbonyl (C=O) groups excluding carboxylic acids is 2. The molecule has 1 aromatic rings. The first-order valence-corrected chi connectivity index (χ1v) is 9.98. The van der Waals surface area contributed by atoms with Crippen molar-refractivity contribution >= 4 is 17.6 Å². The summed E-state index contributed by atoms with van der Waals surface area (Å²) in [7, 11) is 0. The van der Waals surface area contributed by atoms with Crippen LogP contribution in [0.3, 0.4) is 0 Å². The summed E-state index contributed by atoms with van der Waals surface area (Å²) in [6, 6.07) is 2.08. The van der Waals surface area contributed by atoms with Gasteiger partial charge in [-0.15, -0.1) is 0 Å². The van der Waals surface area contributed by atoms with Crippen LogP contribution >= 0.6 is 0 Å². The summed E-state index contributed by atoms with van der Waals surface area (Å²) in [5.41, 5.74) is 0. The minimum Gasteiger partial charge on any atom is -0.348 e. The van der Waals surface area contributed by atoms with Gasteiger partial charge in [-0.25, -0.2) is 4.68 Å².